The summed E-state index contributed by atoms with van der Waals surface area (Å²) in [4.78, 5) is 5.77. The van der Waals surface area contributed by atoms with Crippen LogP contribution in [0.25, 0.3) is 15.3 Å². The summed E-state index contributed by atoms with van der Waals surface area (Å²) in [6.45, 7) is 29.2. The zero-order valence-corrected chi connectivity index (χ0v) is 11.8. The van der Waals surface area contributed by atoms with Gasteiger partial charge < -0.3 is 0 Å². The molecule has 1 aromatic carbocycles. The van der Waals surface area contributed by atoms with Gasteiger partial charge in [0.05, 0.1) is 6.57 Å². The molecule has 0 aliphatic carbocycles. The number of hydrogen-bond acceptors (Lipinski definition) is 1. The fraction of sp³-hybridized carbons (Fsp3) is 0. The molecule has 0 aliphatic heterocycles. The van der Waals surface area contributed by atoms with Crippen LogP contribution >= 0.6 is 0 Å². The SMILES string of the molecule is [C-]#[N+]c1ccccc1N=[N+]=[N-].[C-]#[O+].[C-]#[O+].[C-]#[O+].[C-]#[O+].[C-]#[O+].[Cr]. The average Bonchev–Trinajstić information content (AvgIpc) is 2.64. The molecule has 0 saturated heterocycles. The molecule has 10 heteroatoms. The summed E-state index contributed by atoms with van der Waals surface area (Å²) in [5.41, 5.74) is 8.85. The molecule has 0 aromatic heterocycles. The van der Waals surface area contributed by atoms with Crippen LogP contribution in [0, 0.1) is 39.8 Å². The molecular formula is C12H4CrN4O5. The van der Waals surface area contributed by atoms with Gasteiger partial charge in [0.1, 0.15) is 0 Å². The molecule has 108 valence electrons. The number of azide groups is 1. The Morgan fingerprint density at radius 1 is 0.818 bits per heavy atom. The Balaban J connectivity index is -0.0000000500. The van der Waals surface area contributed by atoms with Crippen LogP contribution in [-0.4, -0.2) is 0 Å². The molecular weight excluding hydrogens is 332 g/mol. The maximum Gasteiger partial charge on any atom is 0 e. The Morgan fingerprint density at radius 2 is 1.18 bits per heavy atom. The summed E-state index contributed by atoms with van der Waals surface area (Å²) in [5.74, 6) is 0. The predicted octanol–water partition coefficient (Wildman–Crippen LogP) is 2.99. The van der Waals surface area contributed by atoms with E-state index in [1.165, 1.54) is 0 Å². The molecule has 0 unspecified atom stereocenters. The minimum atomic E-state index is 0. The molecule has 1 rings (SSSR count). The molecule has 22 heavy (non-hydrogen) atoms. The van der Waals surface area contributed by atoms with E-state index in [1.54, 1.807) is 24.3 Å². The first-order valence-electron chi connectivity index (χ1n) is 3.92. The molecule has 0 atom stereocenters. The van der Waals surface area contributed by atoms with Crippen LogP contribution in [0.5, 0.6) is 0 Å². The van der Waals surface area contributed by atoms with Crippen molar-refractivity contribution in [2.24, 2.45) is 5.11 Å². The number of hydrogen-bond donors (Lipinski definition) is 0. The number of rotatable bonds is 1. The zero-order chi connectivity index (χ0) is 18.1. The van der Waals surface area contributed by atoms with E-state index in [9.17, 15) is 0 Å². The molecule has 9 nitrogen and oxygen atoms in total. The van der Waals surface area contributed by atoms with Crippen LogP contribution in [0.2, 0.25) is 0 Å². The maximum absolute atomic E-state index is 8.10. The van der Waals surface area contributed by atoms with Crippen LogP contribution < -0.4 is 0 Å². The third-order valence-electron chi connectivity index (χ3n) is 1.15. The van der Waals surface area contributed by atoms with E-state index in [1.807, 2.05) is 0 Å². The van der Waals surface area contributed by atoms with Crippen molar-refractivity contribution >= 4 is 11.4 Å². The largest absolute Gasteiger partial charge is 0 e. The minimum absolute atomic E-state index is 0. The quantitative estimate of drug-likeness (QED) is 0.243. The third-order valence-corrected chi connectivity index (χ3v) is 1.15. The van der Waals surface area contributed by atoms with Gasteiger partial charge in [0.25, 0.3) is 0 Å². The smallest absolute Gasteiger partial charge is 0 e. The van der Waals surface area contributed by atoms with Gasteiger partial charge in [0.15, 0.2) is 5.69 Å². The Bertz CT molecular complexity index is 516. The molecule has 1 aromatic rings. The van der Waals surface area contributed by atoms with Crippen LogP contribution in [0.3, 0.4) is 0 Å². The molecule has 0 aliphatic rings. The van der Waals surface area contributed by atoms with Gasteiger partial charge in [-0.05, 0) is 5.53 Å². The van der Waals surface area contributed by atoms with Crippen molar-refractivity contribution in [3.05, 3.63) is 79.4 Å². The van der Waals surface area contributed by atoms with Crippen LogP contribution in [0.4, 0.5) is 11.4 Å². The van der Waals surface area contributed by atoms with E-state index < -0.39 is 0 Å². The first-order chi connectivity index (χ1) is 10.4. The van der Waals surface area contributed by atoms with E-state index in [-0.39, 0.29) is 17.4 Å². The van der Waals surface area contributed by atoms with Crippen molar-refractivity contribution in [1.29, 1.82) is 0 Å². The number of nitrogens with zero attached hydrogens (tertiary/aromatic N) is 4. The van der Waals surface area contributed by atoms with E-state index in [0.717, 1.165) is 0 Å². The molecule has 0 N–H and O–H groups in total. The average molecular weight is 336 g/mol. The van der Waals surface area contributed by atoms with Crippen LogP contribution in [0.15, 0.2) is 29.4 Å². The second-order valence-electron chi connectivity index (χ2n) is 1.79. The second kappa shape index (κ2) is 51.7. The van der Waals surface area contributed by atoms with Gasteiger partial charge in [-0.1, -0.05) is 29.4 Å². The fourth-order valence-electron chi connectivity index (χ4n) is 0.691. The molecule has 0 fully saturated rings. The molecule has 0 bridgehead atoms. The Labute approximate surface area is 137 Å². The summed E-state index contributed by atoms with van der Waals surface area (Å²) >= 11 is 0. The zero-order valence-electron chi connectivity index (χ0n) is 10.5. The topological polar surface area (TPSA) is 153 Å². The van der Waals surface area contributed by atoms with E-state index in [4.69, 9.17) is 35.4 Å². The first kappa shape index (κ1) is 36.5. The minimum Gasteiger partial charge on any atom is 0 e. The summed E-state index contributed by atoms with van der Waals surface area (Å²) in [5, 5.41) is 3.34. The van der Waals surface area contributed by atoms with Gasteiger partial charge in [-0.15, -0.1) is 0 Å². The fourth-order valence-corrected chi connectivity index (χ4v) is 0.691. The van der Waals surface area contributed by atoms with E-state index in [2.05, 4.69) is 48.1 Å². The van der Waals surface area contributed by atoms with Gasteiger partial charge in [-0.2, -0.15) is 0 Å². The molecule has 0 amide bonds. The van der Waals surface area contributed by atoms with Crippen molar-refractivity contribution in [2.75, 3.05) is 0 Å². The van der Waals surface area contributed by atoms with E-state index >= 15 is 0 Å². The molecule has 0 saturated carbocycles. The van der Waals surface area contributed by atoms with Crippen molar-refractivity contribution < 1.29 is 40.6 Å². The predicted molar refractivity (Wildman–Crippen MR) is 61.2 cm³/mol. The number of para-hydroxylation sites is 1. The summed E-state index contributed by atoms with van der Waals surface area (Å²) in [6.07, 6.45) is 0. The Hall–Kier alpha value is -2.75. The van der Waals surface area contributed by atoms with Crippen molar-refractivity contribution in [1.82, 2.24) is 0 Å². The van der Waals surface area contributed by atoms with Gasteiger partial charge in [-0.25, -0.2) is 4.85 Å². The molecule has 0 radical (unpaired) electrons. The van der Waals surface area contributed by atoms with E-state index in [0.29, 0.717) is 11.4 Å². The number of benzene rings is 1. The van der Waals surface area contributed by atoms with Gasteiger partial charge >= 0.3 is 56.5 Å². The second-order valence-corrected chi connectivity index (χ2v) is 1.79. The normalized spacial score (nSPS) is 4.41. The maximum atomic E-state index is 8.10. The monoisotopic (exact) mass is 336 g/mol. The Kier molecular flexibility index (Phi) is 85.8. The van der Waals surface area contributed by atoms with Crippen LogP contribution in [0.1, 0.15) is 0 Å². The van der Waals surface area contributed by atoms with Gasteiger partial charge in [0.2, 0.25) is 0 Å². The standard InChI is InChI=1S/C7H4N4.5CO.Cr/c1-9-6-4-2-3-5-7(6)10-11-8;5*1-2;/h2-5H;;;;;;. The molecule has 0 spiro atoms. The summed E-state index contributed by atoms with van der Waals surface area (Å²) in [6, 6.07) is 6.66. The van der Waals surface area contributed by atoms with Crippen molar-refractivity contribution in [3.8, 4) is 0 Å². The van der Waals surface area contributed by atoms with Crippen LogP contribution in [-0.2, 0) is 40.6 Å². The first-order valence-corrected chi connectivity index (χ1v) is 3.92. The van der Waals surface area contributed by atoms with Crippen molar-refractivity contribution in [2.45, 2.75) is 0 Å². The Morgan fingerprint density at radius 3 is 1.50 bits per heavy atom. The third kappa shape index (κ3) is 25.9. The van der Waals surface area contributed by atoms with Crippen molar-refractivity contribution in [3.63, 3.8) is 0 Å². The molecule has 0 heterocycles. The summed E-state index contributed by atoms with van der Waals surface area (Å²) < 4.78 is 37.5. The van der Waals surface area contributed by atoms with Gasteiger partial charge in [-0.3, -0.25) is 0 Å². The van der Waals surface area contributed by atoms with Gasteiger partial charge in [0, 0.05) is 28.0 Å². The summed E-state index contributed by atoms with van der Waals surface area (Å²) in [7, 11) is 0.